The molecule has 3 nitrogen and oxygen atoms in total. The van der Waals surface area contributed by atoms with Crippen molar-refractivity contribution in [3.8, 4) is 0 Å². The van der Waals surface area contributed by atoms with E-state index in [1.54, 1.807) is 12.1 Å². The number of hydrogen-bond acceptors (Lipinski definition) is 2. The maximum Gasteiger partial charge on any atom is 0.320 e. The van der Waals surface area contributed by atoms with Gasteiger partial charge in [0.2, 0.25) is 0 Å². The molecule has 4 heteroatoms. The van der Waals surface area contributed by atoms with Gasteiger partial charge in [-0.2, -0.15) is 0 Å². The van der Waals surface area contributed by atoms with E-state index in [1.165, 1.54) is 6.07 Å². The summed E-state index contributed by atoms with van der Waals surface area (Å²) in [4.78, 5) is 13.3. The second-order valence-electron chi connectivity index (χ2n) is 5.41. The average Bonchev–Trinajstić information content (AvgIpc) is 2.90. The summed E-state index contributed by atoms with van der Waals surface area (Å²) in [5.41, 5.74) is 0.633. The molecule has 1 aliphatic rings. The van der Waals surface area contributed by atoms with E-state index >= 15 is 0 Å². The van der Waals surface area contributed by atoms with Crippen LogP contribution in [0.2, 0.25) is 0 Å². The zero-order valence-corrected chi connectivity index (χ0v) is 11.9. The largest absolute Gasteiger partial charge is 0.480 e. The van der Waals surface area contributed by atoms with Gasteiger partial charge >= 0.3 is 5.97 Å². The molecule has 2 rings (SSSR count). The van der Waals surface area contributed by atoms with Crippen LogP contribution in [0.5, 0.6) is 0 Å². The van der Waals surface area contributed by atoms with Crippen LogP contribution >= 0.6 is 0 Å². The smallest absolute Gasteiger partial charge is 0.320 e. The highest BCUT2D eigenvalue weighted by atomic mass is 19.1. The lowest BCUT2D eigenvalue weighted by atomic mass is 9.98. The number of carboxylic acid groups (broad SMARTS) is 1. The maximum atomic E-state index is 14.1. The normalized spacial score (nSPS) is 21.0. The molecule has 0 amide bonds. The second kappa shape index (κ2) is 6.84. The number of benzene rings is 1. The van der Waals surface area contributed by atoms with Gasteiger partial charge in [0.05, 0.1) is 0 Å². The monoisotopic (exact) mass is 279 g/mol. The van der Waals surface area contributed by atoms with E-state index < -0.39 is 12.0 Å². The molecule has 20 heavy (non-hydrogen) atoms. The summed E-state index contributed by atoms with van der Waals surface area (Å²) in [6.45, 7) is 2.83. The zero-order chi connectivity index (χ0) is 14.5. The first-order valence-corrected chi connectivity index (χ1v) is 7.38. The molecule has 1 aromatic rings. The molecule has 2 atom stereocenters. The molecule has 1 saturated heterocycles. The van der Waals surface area contributed by atoms with Crippen molar-refractivity contribution in [1.29, 1.82) is 0 Å². The minimum absolute atomic E-state index is 0.125. The third-order valence-electron chi connectivity index (χ3n) is 4.07. The van der Waals surface area contributed by atoms with Crippen LogP contribution in [0.25, 0.3) is 0 Å². The van der Waals surface area contributed by atoms with E-state index in [-0.39, 0.29) is 11.9 Å². The summed E-state index contributed by atoms with van der Waals surface area (Å²) in [6.07, 6.45) is 4.33. The molecule has 0 radical (unpaired) electrons. The highest BCUT2D eigenvalue weighted by Gasteiger charge is 2.36. The number of hydrogen-bond donors (Lipinski definition) is 1. The molecule has 1 aromatic carbocycles. The first-order chi connectivity index (χ1) is 9.65. The van der Waals surface area contributed by atoms with Crippen molar-refractivity contribution in [3.63, 3.8) is 0 Å². The minimum Gasteiger partial charge on any atom is -0.480 e. The van der Waals surface area contributed by atoms with E-state index in [0.29, 0.717) is 12.0 Å². The van der Waals surface area contributed by atoms with Crippen LogP contribution in [-0.4, -0.2) is 28.6 Å². The van der Waals surface area contributed by atoms with Gasteiger partial charge in [-0.05, 0) is 31.9 Å². The maximum absolute atomic E-state index is 14.1. The fourth-order valence-corrected chi connectivity index (χ4v) is 3.07. The second-order valence-corrected chi connectivity index (χ2v) is 5.41. The fraction of sp³-hybridized carbons (Fsp3) is 0.562. The van der Waals surface area contributed by atoms with Crippen LogP contribution in [0.15, 0.2) is 24.3 Å². The molecule has 0 aromatic heterocycles. The zero-order valence-electron chi connectivity index (χ0n) is 11.9. The summed E-state index contributed by atoms with van der Waals surface area (Å²) in [5, 5.41) is 9.34. The van der Waals surface area contributed by atoms with E-state index in [2.05, 4.69) is 6.92 Å². The van der Waals surface area contributed by atoms with Gasteiger partial charge in [0, 0.05) is 11.6 Å². The van der Waals surface area contributed by atoms with Gasteiger partial charge in [-0.15, -0.1) is 0 Å². The van der Waals surface area contributed by atoms with Crippen LogP contribution in [0.3, 0.4) is 0 Å². The molecular formula is C16H22FNO2. The molecule has 1 heterocycles. The van der Waals surface area contributed by atoms with Crippen molar-refractivity contribution in [1.82, 2.24) is 4.90 Å². The number of aliphatic carboxylic acids is 1. The molecule has 110 valence electrons. The Morgan fingerprint density at radius 2 is 2.25 bits per heavy atom. The Hall–Kier alpha value is -1.42. The summed E-state index contributed by atoms with van der Waals surface area (Å²) in [5.74, 6) is -1.02. The molecule has 1 N–H and O–H groups in total. The van der Waals surface area contributed by atoms with Gasteiger partial charge < -0.3 is 5.11 Å². The van der Waals surface area contributed by atoms with Crippen LogP contribution in [0.1, 0.15) is 50.6 Å². The SMILES string of the molecule is CCCCC(c1ccccc1F)N1CCCC1C(=O)O. The number of carbonyl (C=O) groups is 1. The average molecular weight is 279 g/mol. The Morgan fingerprint density at radius 1 is 1.50 bits per heavy atom. The summed E-state index contributed by atoms with van der Waals surface area (Å²) in [7, 11) is 0. The van der Waals surface area contributed by atoms with Crippen molar-refractivity contribution >= 4 is 5.97 Å². The topological polar surface area (TPSA) is 40.5 Å². The van der Waals surface area contributed by atoms with Crippen molar-refractivity contribution in [2.45, 2.75) is 51.1 Å². The first-order valence-electron chi connectivity index (χ1n) is 7.38. The number of rotatable bonds is 6. The third-order valence-corrected chi connectivity index (χ3v) is 4.07. The van der Waals surface area contributed by atoms with Crippen molar-refractivity contribution in [3.05, 3.63) is 35.6 Å². The highest BCUT2D eigenvalue weighted by molar-refractivity contribution is 5.73. The highest BCUT2D eigenvalue weighted by Crippen LogP contribution is 2.34. The number of halogens is 1. The lowest BCUT2D eigenvalue weighted by molar-refractivity contribution is -0.143. The fourth-order valence-electron chi connectivity index (χ4n) is 3.07. The minimum atomic E-state index is -0.791. The quantitative estimate of drug-likeness (QED) is 0.865. The number of likely N-dealkylation sites (tertiary alicyclic amines) is 1. The van der Waals surface area contributed by atoms with Gasteiger partial charge in [0.15, 0.2) is 0 Å². The number of nitrogens with zero attached hydrogens (tertiary/aromatic N) is 1. The molecule has 1 fully saturated rings. The Labute approximate surface area is 119 Å². The van der Waals surface area contributed by atoms with E-state index in [4.69, 9.17) is 0 Å². The van der Waals surface area contributed by atoms with E-state index in [0.717, 1.165) is 32.2 Å². The van der Waals surface area contributed by atoms with Crippen molar-refractivity contribution < 1.29 is 14.3 Å². The van der Waals surface area contributed by atoms with Gasteiger partial charge in [0.1, 0.15) is 11.9 Å². The Balaban J connectivity index is 2.27. The third kappa shape index (κ3) is 3.18. The number of unbranched alkanes of at least 4 members (excludes halogenated alkanes) is 1. The summed E-state index contributed by atoms with van der Waals surface area (Å²) >= 11 is 0. The van der Waals surface area contributed by atoms with Crippen LogP contribution in [0.4, 0.5) is 4.39 Å². The van der Waals surface area contributed by atoms with Crippen LogP contribution in [-0.2, 0) is 4.79 Å². The standard InChI is InChI=1S/C16H22FNO2/c1-2-3-9-14(12-7-4-5-8-13(12)17)18-11-6-10-15(18)16(19)20/h4-5,7-8,14-15H,2-3,6,9-11H2,1H3,(H,19,20). The van der Waals surface area contributed by atoms with Gasteiger partial charge in [-0.3, -0.25) is 9.69 Å². The molecule has 1 aliphatic heterocycles. The van der Waals surface area contributed by atoms with Crippen molar-refractivity contribution in [2.24, 2.45) is 0 Å². The Morgan fingerprint density at radius 3 is 2.90 bits per heavy atom. The first kappa shape index (κ1) is 15.0. The summed E-state index contributed by atoms with van der Waals surface area (Å²) in [6, 6.07) is 6.14. The molecule has 0 saturated carbocycles. The van der Waals surface area contributed by atoms with Crippen LogP contribution in [0, 0.1) is 5.82 Å². The predicted octanol–water partition coefficient (Wildman–Crippen LogP) is 3.61. The predicted molar refractivity (Wildman–Crippen MR) is 76.0 cm³/mol. The molecule has 0 bridgehead atoms. The lowest BCUT2D eigenvalue weighted by Gasteiger charge is -2.31. The van der Waals surface area contributed by atoms with Crippen LogP contribution < -0.4 is 0 Å². The summed E-state index contributed by atoms with van der Waals surface area (Å²) < 4.78 is 14.1. The lowest BCUT2D eigenvalue weighted by Crippen LogP contribution is -2.39. The molecule has 0 spiro atoms. The van der Waals surface area contributed by atoms with Crippen molar-refractivity contribution in [2.75, 3.05) is 6.54 Å². The number of carboxylic acids is 1. The van der Waals surface area contributed by atoms with E-state index in [9.17, 15) is 14.3 Å². The van der Waals surface area contributed by atoms with E-state index in [1.807, 2.05) is 11.0 Å². The molecule has 2 unspecified atom stereocenters. The van der Waals surface area contributed by atoms with Gasteiger partial charge in [-0.25, -0.2) is 4.39 Å². The molecular weight excluding hydrogens is 257 g/mol. The Kier molecular flexibility index (Phi) is 5.12. The van der Waals surface area contributed by atoms with Gasteiger partial charge in [0.25, 0.3) is 0 Å². The van der Waals surface area contributed by atoms with Gasteiger partial charge in [-0.1, -0.05) is 38.0 Å². The molecule has 0 aliphatic carbocycles. The Bertz CT molecular complexity index is 464.